The average Bonchev–Trinajstić information content (AvgIpc) is 2.99. The van der Waals surface area contributed by atoms with Gasteiger partial charge in [-0.25, -0.2) is 9.18 Å². The molecule has 154 valence electrons. The van der Waals surface area contributed by atoms with Crippen LogP contribution in [0.3, 0.4) is 0 Å². The third kappa shape index (κ3) is 3.64. The van der Waals surface area contributed by atoms with Crippen molar-refractivity contribution in [3.8, 4) is 11.8 Å². The maximum atomic E-state index is 14.0. The predicted molar refractivity (Wildman–Crippen MR) is 114 cm³/mol. The van der Waals surface area contributed by atoms with E-state index in [2.05, 4.69) is 33.6 Å². The molecule has 0 bridgehead atoms. The zero-order valence-corrected chi connectivity index (χ0v) is 17.3. The van der Waals surface area contributed by atoms with Crippen LogP contribution in [0.15, 0.2) is 29.3 Å². The molecular formula is C23H29FN4O. The fourth-order valence-electron chi connectivity index (χ4n) is 5.06. The summed E-state index contributed by atoms with van der Waals surface area (Å²) in [6, 6.07) is 6.33. The average molecular weight is 397 g/mol. The fraction of sp³-hybridized carbons (Fsp3) is 0.565. The van der Waals surface area contributed by atoms with Gasteiger partial charge in [-0.15, -0.1) is 5.92 Å². The number of urea groups is 1. The number of nitrogens with zero attached hydrogens (tertiary/aromatic N) is 4. The number of benzene rings is 1. The molecule has 0 saturated carbocycles. The summed E-state index contributed by atoms with van der Waals surface area (Å²) in [6.07, 6.45) is 5.02. The summed E-state index contributed by atoms with van der Waals surface area (Å²) in [7, 11) is 0. The zero-order chi connectivity index (χ0) is 20.4. The van der Waals surface area contributed by atoms with Crippen LogP contribution < -0.4 is 4.90 Å². The Balaban J connectivity index is 1.72. The molecule has 2 saturated heterocycles. The topological polar surface area (TPSA) is 39.1 Å². The van der Waals surface area contributed by atoms with E-state index in [1.165, 1.54) is 18.6 Å². The highest BCUT2D eigenvalue weighted by atomic mass is 19.1. The summed E-state index contributed by atoms with van der Waals surface area (Å²) in [5, 5.41) is 0. The highest BCUT2D eigenvalue weighted by molar-refractivity contribution is 6.16. The summed E-state index contributed by atoms with van der Waals surface area (Å²) < 4.78 is 14.0. The van der Waals surface area contributed by atoms with Gasteiger partial charge in [-0.2, -0.15) is 4.99 Å². The lowest BCUT2D eigenvalue weighted by Gasteiger charge is -2.49. The van der Waals surface area contributed by atoms with Crippen LogP contribution >= 0.6 is 0 Å². The van der Waals surface area contributed by atoms with E-state index in [4.69, 9.17) is 0 Å². The largest absolute Gasteiger partial charge is 0.358 e. The molecule has 3 aliphatic heterocycles. The molecule has 1 spiro atoms. The van der Waals surface area contributed by atoms with E-state index in [-0.39, 0.29) is 17.9 Å². The second-order valence-corrected chi connectivity index (χ2v) is 8.31. The van der Waals surface area contributed by atoms with E-state index in [1.807, 2.05) is 13.0 Å². The van der Waals surface area contributed by atoms with E-state index in [1.54, 1.807) is 11.0 Å². The molecule has 0 N–H and O–H groups in total. The number of likely N-dealkylation sites (tertiary alicyclic amines) is 2. The van der Waals surface area contributed by atoms with Gasteiger partial charge < -0.3 is 4.90 Å². The van der Waals surface area contributed by atoms with Gasteiger partial charge in [0.05, 0.1) is 6.54 Å². The first-order chi connectivity index (χ1) is 14.0. The summed E-state index contributed by atoms with van der Waals surface area (Å²) in [5.41, 5.74) is 0.0809. The summed E-state index contributed by atoms with van der Waals surface area (Å²) >= 11 is 0. The molecule has 4 rings (SSSR count). The lowest BCUT2D eigenvalue weighted by atomic mass is 9.80. The predicted octanol–water partition coefficient (Wildman–Crippen LogP) is 3.90. The van der Waals surface area contributed by atoms with Crippen LogP contribution in [0.2, 0.25) is 0 Å². The molecule has 3 heterocycles. The Morgan fingerprint density at radius 3 is 2.72 bits per heavy atom. The number of carbonyl (C=O) groups is 1. The van der Waals surface area contributed by atoms with E-state index >= 15 is 0 Å². The van der Waals surface area contributed by atoms with E-state index in [0.29, 0.717) is 5.69 Å². The number of amides is 2. The molecule has 0 unspecified atom stereocenters. The lowest BCUT2D eigenvalue weighted by Crippen LogP contribution is -2.64. The number of aliphatic imine (C=N–C) groups is 1. The number of carbonyl (C=O) groups excluding carboxylic acids is 1. The summed E-state index contributed by atoms with van der Waals surface area (Å²) in [4.78, 5) is 24.1. The molecule has 29 heavy (non-hydrogen) atoms. The number of amidine groups is 1. The Labute approximate surface area is 172 Å². The van der Waals surface area contributed by atoms with Crippen molar-refractivity contribution in [1.82, 2.24) is 9.80 Å². The molecule has 2 amide bonds. The maximum Gasteiger partial charge on any atom is 0.350 e. The quantitative estimate of drug-likeness (QED) is 0.712. The highest BCUT2D eigenvalue weighted by Crippen LogP contribution is 2.42. The Bertz CT molecular complexity index is 867. The molecule has 1 aromatic rings. The number of halogens is 1. The molecule has 0 aromatic heterocycles. The van der Waals surface area contributed by atoms with Crippen molar-refractivity contribution in [1.29, 1.82) is 0 Å². The standard InChI is InChI=1S/C23H29FN4O/c1-3-4-12-26-15-11-23(17-18(26)2)21(27-13-6-5-7-14-27)25-22(29)28(23)20-10-8-9-19(24)16-20/h8-10,16,18H,5-7,11-15,17H2,1-2H3/t18-,23-/m1/s1. The first-order valence-corrected chi connectivity index (χ1v) is 10.6. The van der Waals surface area contributed by atoms with Crippen LogP contribution in [0.1, 0.15) is 46.0 Å². The molecule has 2 fully saturated rings. The number of piperidine rings is 2. The van der Waals surface area contributed by atoms with Gasteiger partial charge in [0.1, 0.15) is 17.2 Å². The van der Waals surface area contributed by atoms with Crippen molar-refractivity contribution in [2.75, 3.05) is 31.1 Å². The maximum absolute atomic E-state index is 14.0. The molecule has 1 aromatic carbocycles. The summed E-state index contributed by atoms with van der Waals surface area (Å²) in [6.45, 7) is 7.49. The number of anilines is 1. The monoisotopic (exact) mass is 396 g/mol. The lowest BCUT2D eigenvalue weighted by molar-refractivity contribution is 0.140. The van der Waals surface area contributed by atoms with E-state index in [0.717, 1.165) is 57.7 Å². The second kappa shape index (κ2) is 8.16. The van der Waals surface area contributed by atoms with E-state index in [9.17, 15) is 9.18 Å². The SMILES string of the molecule is CC#CCN1CC[C@@]2(C[C@H]1C)C(N1CCCCC1)=NC(=O)N2c1cccc(F)c1. The first-order valence-electron chi connectivity index (χ1n) is 10.6. The third-order valence-corrected chi connectivity index (χ3v) is 6.49. The van der Waals surface area contributed by atoms with Crippen molar-refractivity contribution in [3.05, 3.63) is 30.1 Å². The Hall–Kier alpha value is -2.39. The van der Waals surface area contributed by atoms with Crippen LogP contribution in [0.5, 0.6) is 0 Å². The van der Waals surface area contributed by atoms with Gasteiger partial charge in [0.2, 0.25) is 0 Å². The van der Waals surface area contributed by atoms with Crippen molar-refractivity contribution >= 4 is 17.6 Å². The minimum Gasteiger partial charge on any atom is -0.358 e. The van der Waals surface area contributed by atoms with Gasteiger partial charge >= 0.3 is 6.03 Å². The van der Waals surface area contributed by atoms with Crippen molar-refractivity contribution in [3.63, 3.8) is 0 Å². The first kappa shape index (κ1) is 19.9. The van der Waals surface area contributed by atoms with Gasteiger partial charge in [-0.05, 0) is 64.2 Å². The van der Waals surface area contributed by atoms with Crippen LogP contribution in [0, 0.1) is 17.7 Å². The van der Waals surface area contributed by atoms with Crippen molar-refractivity contribution < 1.29 is 9.18 Å². The minimum atomic E-state index is -0.516. The number of hydrogen-bond acceptors (Lipinski definition) is 3. The Morgan fingerprint density at radius 2 is 2.03 bits per heavy atom. The van der Waals surface area contributed by atoms with Gasteiger partial charge in [0.25, 0.3) is 0 Å². The minimum absolute atomic E-state index is 0.251. The molecule has 5 nitrogen and oxygen atoms in total. The molecule has 6 heteroatoms. The van der Waals surface area contributed by atoms with Gasteiger partial charge in [-0.1, -0.05) is 12.0 Å². The number of hydrogen-bond donors (Lipinski definition) is 0. The molecule has 0 radical (unpaired) electrons. The van der Waals surface area contributed by atoms with Gasteiger partial charge in [0, 0.05) is 31.4 Å². The Kier molecular flexibility index (Phi) is 5.60. The van der Waals surface area contributed by atoms with E-state index < -0.39 is 5.54 Å². The third-order valence-electron chi connectivity index (χ3n) is 6.49. The van der Waals surface area contributed by atoms with Crippen molar-refractivity contribution in [2.45, 2.75) is 57.5 Å². The van der Waals surface area contributed by atoms with Crippen LogP contribution in [0.25, 0.3) is 0 Å². The summed E-state index contributed by atoms with van der Waals surface area (Å²) in [5.74, 6) is 6.70. The number of rotatable bonds is 2. The fourth-order valence-corrected chi connectivity index (χ4v) is 5.06. The van der Waals surface area contributed by atoms with Crippen LogP contribution in [0.4, 0.5) is 14.9 Å². The Morgan fingerprint density at radius 1 is 1.24 bits per heavy atom. The normalized spacial score (nSPS) is 27.8. The highest BCUT2D eigenvalue weighted by Gasteiger charge is 2.54. The second-order valence-electron chi connectivity index (χ2n) is 8.31. The smallest absolute Gasteiger partial charge is 0.350 e. The van der Waals surface area contributed by atoms with Crippen LogP contribution in [-0.2, 0) is 0 Å². The molecule has 2 atom stereocenters. The molecular weight excluding hydrogens is 367 g/mol. The molecule has 3 aliphatic rings. The van der Waals surface area contributed by atoms with Gasteiger partial charge in [0.15, 0.2) is 0 Å². The molecule has 0 aliphatic carbocycles. The van der Waals surface area contributed by atoms with Crippen LogP contribution in [-0.4, -0.2) is 59.4 Å². The zero-order valence-electron chi connectivity index (χ0n) is 17.3. The van der Waals surface area contributed by atoms with Crippen molar-refractivity contribution in [2.24, 2.45) is 4.99 Å². The van der Waals surface area contributed by atoms with Gasteiger partial charge in [-0.3, -0.25) is 9.80 Å².